The highest BCUT2D eigenvalue weighted by molar-refractivity contribution is 6.07. The molecule has 162 valence electrons. The molecule has 2 fully saturated rings. The molecule has 4 amide bonds. The van der Waals surface area contributed by atoms with Gasteiger partial charge in [-0.1, -0.05) is 12.1 Å². The molecule has 2 aliphatic rings. The van der Waals surface area contributed by atoms with E-state index in [1.54, 1.807) is 12.1 Å². The predicted octanol–water partition coefficient (Wildman–Crippen LogP) is 3.58. The quantitative estimate of drug-likeness (QED) is 0.616. The third-order valence-corrected chi connectivity index (χ3v) is 5.73. The number of nitrogens with one attached hydrogen (secondary N) is 3. The van der Waals surface area contributed by atoms with Crippen LogP contribution in [-0.2, 0) is 9.59 Å². The maximum Gasteiger partial charge on any atom is 0.322 e. The van der Waals surface area contributed by atoms with E-state index < -0.39 is 11.6 Å². The van der Waals surface area contributed by atoms with Crippen molar-refractivity contribution in [1.29, 1.82) is 0 Å². The van der Waals surface area contributed by atoms with Gasteiger partial charge in [0.15, 0.2) is 5.75 Å². The van der Waals surface area contributed by atoms with Gasteiger partial charge >= 0.3 is 6.03 Å². The monoisotopic (exact) mass is 423 g/mol. The molecule has 31 heavy (non-hydrogen) atoms. The lowest BCUT2D eigenvalue weighted by Crippen LogP contribution is -2.50. The number of hydrogen-bond donors (Lipinski definition) is 3. The Bertz CT molecular complexity index is 981. The van der Waals surface area contributed by atoms with E-state index in [1.165, 1.54) is 0 Å². The van der Waals surface area contributed by atoms with Crippen LogP contribution in [0.1, 0.15) is 32.6 Å². The number of carbonyl (C=O) groups excluding carboxylic acids is 3. The number of para-hydroxylation sites is 2. The van der Waals surface area contributed by atoms with E-state index >= 15 is 0 Å². The maximum absolute atomic E-state index is 12.9. The van der Waals surface area contributed by atoms with Crippen molar-refractivity contribution < 1.29 is 23.9 Å². The second-order valence-electron chi connectivity index (χ2n) is 7.76. The van der Waals surface area contributed by atoms with E-state index in [0.717, 1.165) is 5.75 Å². The first-order chi connectivity index (χ1) is 15.0. The molecular weight excluding hydrogens is 398 g/mol. The molecule has 1 spiro atoms. The molecule has 1 aliphatic carbocycles. The van der Waals surface area contributed by atoms with Gasteiger partial charge in [-0.25, -0.2) is 4.79 Å². The zero-order valence-corrected chi connectivity index (χ0v) is 17.3. The number of rotatable bonds is 6. The zero-order valence-electron chi connectivity index (χ0n) is 17.3. The average Bonchev–Trinajstić information content (AvgIpc) is 3.04. The molecule has 4 rings (SSSR count). The molecule has 1 saturated carbocycles. The minimum Gasteiger partial charge on any atom is -0.494 e. The van der Waals surface area contributed by atoms with Crippen LogP contribution in [0, 0.1) is 5.92 Å². The summed E-state index contributed by atoms with van der Waals surface area (Å²) < 4.78 is 11.4. The van der Waals surface area contributed by atoms with Crippen LogP contribution in [0.15, 0.2) is 48.5 Å². The third-order valence-electron chi connectivity index (χ3n) is 5.73. The third kappa shape index (κ3) is 4.47. The van der Waals surface area contributed by atoms with Crippen LogP contribution in [0.25, 0.3) is 0 Å². The van der Waals surface area contributed by atoms with Crippen molar-refractivity contribution in [3.63, 3.8) is 0 Å². The zero-order chi connectivity index (χ0) is 21.8. The molecule has 1 heterocycles. The highest BCUT2D eigenvalue weighted by atomic mass is 16.5. The summed E-state index contributed by atoms with van der Waals surface area (Å²) in [6.07, 6.45) is 1.91. The molecule has 2 aromatic rings. The standard InChI is InChI=1S/C23H25N3O5/c1-2-30-16-7-9-17(10-8-16)31-19-6-4-3-5-18(19)24-20(27)15-11-13-23(14-12-15)21(28)25-22(29)26-23/h3-10,15H,2,11-14H2,1H3,(H,24,27)(H2,25,26,28,29). The SMILES string of the molecule is CCOc1ccc(Oc2ccccc2NC(=O)C2CCC3(CC2)NC(=O)NC3=O)cc1. The first-order valence-corrected chi connectivity index (χ1v) is 10.4. The number of carbonyl (C=O) groups is 3. The fourth-order valence-corrected chi connectivity index (χ4v) is 4.04. The number of hydrogen-bond acceptors (Lipinski definition) is 5. The van der Waals surface area contributed by atoms with Crippen molar-refractivity contribution >= 4 is 23.5 Å². The van der Waals surface area contributed by atoms with Crippen LogP contribution in [0.4, 0.5) is 10.5 Å². The Morgan fingerprint density at radius 2 is 1.74 bits per heavy atom. The summed E-state index contributed by atoms with van der Waals surface area (Å²) in [7, 11) is 0. The molecular formula is C23H25N3O5. The number of ether oxygens (including phenoxy) is 2. The number of imide groups is 1. The summed E-state index contributed by atoms with van der Waals surface area (Å²) >= 11 is 0. The molecule has 3 N–H and O–H groups in total. The van der Waals surface area contributed by atoms with Crippen molar-refractivity contribution in [3.8, 4) is 17.2 Å². The van der Waals surface area contributed by atoms with Crippen molar-refractivity contribution in [2.45, 2.75) is 38.1 Å². The van der Waals surface area contributed by atoms with Gasteiger partial charge in [-0.15, -0.1) is 0 Å². The summed E-state index contributed by atoms with van der Waals surface area (Å²) in [6, 6.07) is 14.1. The first kappa shape index (κ1) is 20.7. The van der Waals surface area contributed by atoms with Gasteiger partial charge in [0.25, 0.3) is 5.91 Å². The molecule has 0 radical (unpaired) electrons. The topological polar surface area (TPSA) is 106 Å². The fourth-order valence-electron chi connectivity index (χ4n) is 4.04. The van der Waals surface area contributed by atoms with Gasteiger partial charge in [0.1, 0.15) is 17.0 Å². The molecule has 8 nitrogen and oxygen atoms in total. The number of benzene rings is 2. The summed E-state index contributed by atoms with van der Waals surface area (Å²) in [4.78, 5) is 36.4. The van der Waals surface area contributed by atoms with Gasteiger partial charge in [-0.3, -0.25) is 14.9 Å². The summed E-state index contributed by atoms with van der Waals surface area (Å²) in [5.74, 6) is 1.27. The highest BCUT2D eigenvalue weighted by Crippen LogP contribution is 2.36. The van der Waals surface area contributed by atoms with Gasteiger partial charge in [0, 0.05) is 5.92 Å². The molecule has 1 saturated heterocycles. The molecule has 0 unspecified atom stereocenters. The Hall–Kier alpha value is -3.55. The van der Waals surface area contributed by atoms with Gasteiger partial charge in [-0.2, -0.15) is 0 Å². The van der Waals surface area contributed by atoms with E-state index in [1.807, 2.05) is 43.3 Å². The Morgan fingerprint density at radius 1 is 1.06 bits per heavy atom. The Labute approximate surface area is 180 Å². The lowest BCUT2D eigenvalue weighted by Gasteiger charge is -2.33. The second-order valence-corrected chi connectivity index (χ2v) is 7.76. The summed E-state index contributed by atoms with van der Waals surface area (Å²) in [6.45, 7) is 2.52. The van der Waals surface area contributed by atoms with Crippen molar-refractivity contribution in [2.75, 3.05) is 11.9 Å². The van der Waals surface area contributed by atoms with Crippen LogP contribution in [0.3, 0.4) is 0 Å². The van der Waals surface area contributed by atoms with E-state index in [-0.39, 0.29) is 17.7 Å². The van der Waals surface area contributed by atoms with Gasteiger partial charge < -0.3 is 20.1 Å². The minimum absolute atomic E-state index is 0.123. The average molecular weight is 423 g/mol. The predicted molar refractivity (Wildman–Crippen MR) is 114 cm³/mol. The molecule has 8 heteroatoms. The van der Waals surface area contributed by atoms with Gasteiger partial charge in [0.05, 0.1) is 12.3 Å². The van der Waals surface area contributed by atoms with Crippen LogP contribution in [-0.4, -0.2) is 30.0 Å². The summed E-state index contributed by atoms with van der Waals surface area (Å²) in [5.41, 5.74) is -0.295. The van der Waals surface area contributed by atoms with Crippen molar-refractivity contribution in [3.05, 3.63) is 48.5 Å². The lowest BCUT2D eigenvalue weighted by molar-refractivity contribution is -0.128. The lowest BCUT2D eigenvalue weighted by atomic mass is 9.76. The molecule has 0 aromatic heterocycles. The van der Waals surface area contributed by atoms with E-state index in [9.17, 15) is 14.4 Å². The van der Waals surface area contributed by atoms with Crippen molar-refractivity contribution in [1.82, 2.24) is 10.6 Å². The largest absolute Gasteiger partial charge is 0.494 e. The van der Waals surface area contributed by atoms with Crippen LogP contribution >= 0.6 is 0 Å². The van der Waals surface area contributed by atoms with E-state index in [4.69, 9.17) is 9.47 Å². The summed E-state index contributed by atoms with van der Waals surface area (Å²) in [5, 5.41) is 7.96. The molecule has 1 aliphatic heterocycles. The normalized spacial score (nSPS) is 22.5. The smallest absolute Gasteiger partial charge is 0.322 e. The second kappa shape index (κ2) is 8.67. The first-order valence-electron chi connectivity index (χ1n) is 10.4. The van der Waals surface area contributed by atoms with E-state index in [2.05, 4.69) is 16.0 Å². The van der Waals surface area contributed by atoms with Gasteiger partial charge in [-0.05, 0) is 69.0 Å². The molecule has 0 bridgehead atoms. The van der Waals surface area contributed by atoms with Gasteiger partial charge in [0.2, 0.25) is 5.91 Å². The maximum atomic E-state index is 12.9. The van der Waals surface area contributed by atoms with E-state index in [0.29, 0.717) is 49.5 Å². The van der Waals surface area contributed by atoms with Crippen LogP contribution < -0.4 is 25.4 Å². The number of anilines is 1. The minimum atomic E-state index is -0.872. The highest BCUT2D eigenvalue weighted by Gasteiger charge is 2.48. The Kier molecular flexibility index (Phi) is 5.79. The molecule has 2 aromatic carbocycles. The fraction of sp³-hybridized carbons (Fsp3) is 0.348. The Morgan fingerprint density at radius 3 is 2.39 bits per heavy atom. The van der Waals surface area contributed by atoms with Crippen LogP contribution in [0.2, 0.25) is 0 Å². The van der Waals surface area contributed by atoms with Crippen LogP contribution in [0.5, 0.6) is 17.2 Å². The Balaban J connectivity index is 1.39. The number of amides is 4. The number of urea groups is 1. The van der Waals surface area contributed by atoms with Crippen molar-refractivity contribution in [2.24, 2.45) is 5.92 Å². The molecule has 0 atom stereocenters.